The van der Waals surface area contributed by atoms with E-state index < -0.39 is 0 Å². The second-order valence-electron chi connectivity index (χ2n) is 8.50. The number of rotatable bonds is 6. The van der Waals surface area contributed by atoms with Gasteiger partial charge in [-0.05, 0) is 73.5 Å². The first-order chi connectivity index (χ1) is 15.8. The van der Waals surface area contributed by atoms with E-state index in [0.717, 1.165) is 40.3 Å². The Hall–Kier alpha value is -3.24. The van der Waals surface area contributed by atoms with Gasteiger partial charge in [-0.25, -0.2) is 0 Å². The molecule has 1 saturated heterocycles. The number of fused-ring (bicyclic) bond motifs is 1. The third kappa shape index (κ3) is 4.66. The van der Waals surface area contributed by atoms with Crippen molar-refractivity contribution in [3.8, 4) is 17.2 Å². The van der Waals surface area contributed by atoms with Gasteiger partial charge in [-0.15, -0.1) is 0 Å². The van der Waals surface area contributed by atoms with Gasteiger partial charge in [0.2, 0.25) is 0 Å². The normalized spacial score (nSPS) is 18.4. The third-order valence-electron chi connectivity index (χ3n) is 6.27. The van der Waals surface area contributed by atoms with Crippen LogP contribution in [0.5, 0.6) is 17.2 Å². The number of hydrogen-bond donors (Lipinski definition) is 1. The van der Waals surface area contributed by atoms with Gasteiger partial charge in [0.25, 0.3) is 0 Å². The molecular weight excluding hydrogens is 398 g/mol. The number of piperidine rings is 1. The number of likely N-dealkylation sites (tertiary alicyclic amines) is 1. The van der Waals surface area contributed by atoms with Crippen LogP contribution in [0.25, 0.3) is 11.6 Å². The molecule has 0 spiro atoms. The summed E-state index contributed by atoms with van der Waals surface area (Å²) in [5.74, 6) is 2.02. The molecule has 1 atom stereocenters. The molecule has 3 aromatic rings. The van der Waals surface area contributed by atoms with Crippen molar-refractivity contribution in [2.75, 3.05) is 26.2 Å². The lowest BCUT2D eigenvalue weighted by Crippen LogP contribution is -2.33. The van der Waals surface area contributed by atoms with Crippen molar-refractivity contribution < 1.29 is 14.6 Å². The van der Waals surface area contributed by atoms with Gasteiger partial charge in [0.05, 0.1) is 0 Å². The SMILES string of the molecule is Oc1ccc(C2=Cc3ccccc3O[C@H]2c2ccc(OCCN3CCCCC3)cc2)cc1. The fraction of sp³-hybridized carbons (Fsp3) is 0.286. The smallest absolute Gasteiger partial charge is 0.149 e. The van der Waals surface area contributed by atoms with Gasteiger partial charge in [-0.2, -0.15) is 0 Å². The summed E-state index contributed by atoms with van der Waals surface area (Å²) in [6.45, 7) is 4.08. The van der Waals surface area contributed by atoms with Gasteiger partial charge < -0.3 is 14.6 Å². The van der Waals surface area contributed by atoms with E-state index in [1.165, 1.54) is 32.4 Å². The molecule has 4 heteroatoms. The number of nitrogens with zero attached hydrogens (tertiary/aromatic N) is 1. The molecule has 3 aromatic carbocycles. The molecule has 0 saturated carbocycles. The minimum Gasteiger partial charge on any atom is -0.508 e. The molecule has 1 fully saturated rings. The van der Waals surface area contributed by atoms with Crippen molar-refractivity contribution >= 4 is 11.6 Å². The van der Waals surface area contributed by atoms with Gasteiger partial charge in [-0.3, -0.25) is 4.90 Å². The van der Waals surface area contributed by atoms with Crippen molar-refractivity contribution in [1.29, 1.82) is 0 Å². The Morgan fingerprint density at radius 2 is 1.62 bits per heavy atom. The van der Waals surface area contributed by atoms with E-state index in [9.17, 15) is 5.11 Å². The fourth-order valence-corrected chi connectivity index (χ4v) is 4.49. The number of hydrogen-bond acceptors (Lipinski definition) is 4. The van der Waals surface area contributed by atoms with Crippen molar-refractivity contribution in [2.24, 2.45) is 0 Å². The quantitative estimate of drug-likeness (QED) is 0.529. The van der Waals surface area contributed by atoms with Crippen molar-refractivity contribution in [2.45, 2.75) is 25.4 Å². The maximum atomic E-state index is 9.71. The minimum atomic E-state index is -0.225. The van der Waals surface area contributed by atoms with Gasteiger partial charge in [0, 0.05) is 17.7 Å². The molecule has 1 N–H and O–H groups in total. The average molecular weight is 428 g/mol. The van der Waals surface area contributed by atoms with Crippen LogP contribution >= 0.6 is 0 Å². The van der Waals surface area contributed by atoms with E-state index in [2.05, 4.69) is 29.2 Å². The zero-order chi connectivity index (χ0) is 21.8. The third-order valence-corrected chi connectivity index (χ3v) is 6.27. The Kier molecular flexibility index (Phi) is 6.13. The summed E-state index contributed by atoms with van der Waals surface area (Å²) in [7, 11) is 0. The molecule has 2 heterocycles. The molecule has 4 nitrogen and oxygen atoms in total. The monoisotopic (exact) mass is 427 g/mol. The number of para-hydroxylation sites is 1. The summed E-state index contributed by atoms with van der Waals surface area (Å²) in [6.07, 6.45) is 5.91. The van der Waals surface area contributed by atoms with Gasteiger partial charge in [-0.1, -0.05) is 48.9 Å². The molecule has 2 aliphatic rings. The summed E-state index contributed by atoms with van der Waals surface area (Å²) in [4.78, 5) is 2.49. The van der Waals surface area contributed by atoms with E-state index >= 15 is 0 Å². The van der Waals surface area contributed by atoms with Gasteiger partial charge in [0.15, 0.2) is 0 Å². The molecule has 0 radical (unpaired) electrons. The summed E-state index contributed by atoms with van der Waals surface area (Å²) < 4.78 is 12.4. The Bertz CT molecular complexity index is 1070. The van der Waals surface area contributed by atoms with Gasteiger partial charge in [0.1, 0.15) is 30.0 Å². The molecule has 0 bridgehead atoms. The first-order valence-electron chi connectivity index (χ1n) is 11.5. The largest absolute Gasteiger partial charge is 0.508 e. The standard InChI is InChI=1S/C28H29NO3/c30-24-12-8-21(9-13-24)26-20-23-6-2-3-7-27(23)32-28(26)22-10-14-25(15-11-22)31-19-18-29-16-4-1-5-17-29/h2-3,6-15,20,28,30H,1,4-5,16-19H2/t28-/m0/s1. The molecule has 32 heavy (non-hydrogen) atoms. The Morgan fingerprint density at radius 1 is 0.875 bits per heavy atom. The Morgan fingerprint density at radius 3 is 2.41 bits per heavy atom. The molecule has 164 valence electrons. The number of phenols is 1. The van der Waals surface area contributed by atoms with E-state index in [1.807, 2.05) is 42.5 Å². The van der Waals surface area contributed by atoms with Crippen LogP contribution in [0.3, 0.4) is 0 Å². The molecule has 5 rings (SSSR count). The Balaban J connectivity index is 1.33. The molecule has 2 aliphatic heterocycles. The van der Waals surface area contributed by atoms with Crippen LogP contribution in [0.2, 0.25) is 0 Å². The first-order valence-corrected chi connectivity index (χ1v) is 11.5. The van der Waals surface area contributed by atoms with E-state index in [4.69, 9.17) is 9.47 Å². The topological polar surface area (TPSA) is 41.9 Å². The Labute approximate surface area is 189 Å². The second kappa shape index (κ2) is 9.49. The predicted octanol–water partition coefficient (Wildman–Crippen LogP) is 5.93. The molecule has 0 aromatic heterocycles. The van der Waals surface area contributed by atoms with Crippen LogP contribution in [0.4, 0.5) is 0 Å². The van der Waals surface area contributed by atoms with Crippen molar-refractivity contribution in [3.05, 3.63) is 89.5 Å². The summed E-state index contributed by atoms with van der Waals surface area (Å²) in [6, 6.07) is 23.6. The molecule has 0 amide bonds. The lowest BCUT2D eigenvalue weighted by Gasteiger charge is -2.28. The number of ether oxygens (including phenoxy) is 2. The van der Waals surface area contributed by atoms with E-state index in [-0.39, 0.29) is 11.9 Å². The van der Waals surface area contributed by atoms with Crippen molar-refractivity contribution in [1.82, 2.24) is 4.90 Å². The number of aromatic hydroxyl groups is 1. The van der Waals surface area contributed by atoms with Crippen molar-refractivity contribution in [3.63, 3.8) is 0 Å². The maximum absolute atomic E-state index is 9.71. The van der Waals surface area contributed by atoms with E-state index in [0.29, 0.717) is 6.61 Å². The lowest BCUT2D eigenvalue weighted by atomic mass is 9.91. The van der Waals surface area contributed by atoms with Crippen LogP contribution in [0.15, 0.2) is 72.8 Å². The minimum absolute atomic E-state index is 0.225. The molecule has 0 unspecified atom stereocenters. The second-order valence-corrected chi connectivity index (χ2v) is 8.50. The van der Waals surface area contributed by atoms with Crippen LogP contribution in [0, 0.1) is 0 Å². The highest BCUT2D eigenvalue weighted by Crippen LogP contribution is 2.42. The van der Waals surface area contributed by atoms with E-state index in [1.54, 1.807) is 12.1 Å². The summed E-state index contributed by atoms with van der Waals surface area (Å²) >= 11 is 0. The summed E-state index contributed by atoms with van der Waals surface area (Å²) in [5.41, 5.74) is 4.23. The zero-order valence-electron chi connectivity index (χ0n) is 18.2. The van der Waals surface area contributed by atoms with Crippen LogP contribution < -0.4 is 9.47 Å². The summed E-state index contributed by atoms with van der Waals surface area (Å²) in [5, 5.41) is 9.71. The zero-order valence-corrected chi connectivity index (χ0v) is 18.2. The highest BCUT2D eigenvalue weighted by molar-refractivity contribution is 5.88. The van der Waals surface area contributed by atoms with Gasteiger partial charge >= 0.3 is 0 Å². The highest BCUT2D eigenvalue weighted by Gasteiger charge is 2.25. The number of benzene rings is 3. The van der Waals surface area contributed by atoms with Crippen LogP contribution in [-0.2, 0) is 0 Å². The van der Waals surface area contributed by atoms with Crippen LogP contribution in [-0.4, -0.2) is 36.2 Å². The fourth-order valence-electron chi connectivity index (χ4n) is 4.49. The molecule has 0 aliphatic carbocycles. The maximum Gasteiger partial charge on any atom is 0.149 e. The predicted molar refractivity (Wildman–Crippen MR) is 128 cm³/mol. The highest BCUT2D eigenvalue weighted by atomic mass is 16.5. The first kappa shape index (κ1) is 20.7. The molecular formula is C28H29NO3. The van der Waals surface area contributed by atoms with Crippen LogP contribution in [0.1, 0.15) is 42.1 Å². The average Bonchev–Trinajstić information content (AvgIpc) is 2.85. The number of phenolic OH excluding ortho intramolecular Hbond substituents is 1. The lowest BCUT2D eigenvalue weighted by molar-refractivity contribution is 0.183.